The second kappa shape index (κ2) is 5.74. The van der Waals surface area contributed by atoms with E-state index < -0.39 is 0 Å². The van der Waals surface area contributed by atoms with Gasteiger partial charge in [-0.05, 0) is 35.9 Å². The van der Waals surface area contributed by atoms with Crippen LogP contribution in [0.2, 0.25) is 0 Å². The normalized spacial score (nSPS) is 18.0. The molecule has 0 saturated carbocycles. The van der Waals surface area contributed by atoms with Crippen LogP contribution in [0.4, 0.5) is 4.39 Å². The number of hydrogen-bond acceptors (Lipinski definition) is 4. The summed E-state index contributed by atoms with van der Waals surface area (Å²) in [4.78, 5) is 13.0. The Bertz CT molecular complexity index is 829. The van der Waals surface area contributed by atoms with Crippen LogP contribution in [-0.4, -0.2) is 24.7 Å². The van der Waals surface area contributed by atoms with Gasteiger partial charge in [-0.15, -0.1) is 11.8 Å². The first-order chi connectivity index (χ1) is 11.2. The number of Topliss-reactive ketones (excluding diaryl/α,β-unsaturated/α-hetero) is 1. The van der Waals surface area contributed by atoms with Crippen molar-refractivity contribution in [1.82, 2.24) is 0 Å². The Morgan fingerprint density at radius 2 is 1.91 bits per heavy atom. The largest absolute Gasteiger partial charge is 0.486 e. The Balaban J connectivity index is 1.69. The van der Waals surface area contributed by atoms with Gasteiger partial charge in [0.15, 0.2) is 17.3 Å². The monoisotopic (exact) mass is 328 g/mol. The van der Waals surface area contributed by atoms with Crippen LogP contribution in [-0.2, 0) is 0 Å². The molecular weight excluding hydrogens is 315 g/mol. The van der Waals surface area contributed by atoms with E-state index in [1.165, 1.54) is 17.8 Å². The Labute approximate surface area is 137 Å². The van der Waals surface area contributed by atoms with E-state index in [0.29, 0.717) is 40.7 Å². The maximum absolute atomic E-state index is 13.8. The Kier molecular flexibility index (Phi) is 3.58. The highest BCUT2D eigenvalue weighted by Crippen LogP contribution is 2.36. The van der Waals surface area contributed by atoms with Crippen molar-refractivity contribution in [3.05, 3.63) is 58.9 Å². The molecule has 0 saturated heterocycles. The van der Waals surface area contributed by atoms with Gasteiger partial charge in [0.1, 0.15) is 19.0 Å². The molecule has 0 N–H and O–H groups in total. The average molecular weight is 328 g/mol. The molecule has 5 heteroatoms. The van der Waals surface area contributed by atoms with E-state index in [1.54, 1.807) is 12.1 Å². The Morgan fingerprint density at radius 1 is 1.09 bits per heavy atom. The van der Waals surface area contributed by atoms with Gasteiger partial charge in [0.2, 0.25) is 0 Å². The Hall–Kier alpha value is -2.27. The van der Waals surface area contributed by atoms with Gasteiger partial charge in [-0.3, -0.25) is 4.79 Å². The van der Waals surface area contributed by atoms with Crippen molar-refractivity contribution in [3.63, 3.8) is 0 Å². The van der Waals surface area contributed by atoms with Gasteiger partial charge in [0.25, 0.3) is 0 Å². The summed E-state index contributed by atoms with van der Waals surface area (Å²) in [6.45, 7) is 1.07. The molecule has 3 nitrogen and oxygen atoms in total. The average Bonchev–Trinajstić information content (AvgIpc) is 2.58. The minimum atomic E-state index is -0.334. The van der Waals surface area contributed by atoms with Gasteiger partial charge >= 0.3 is 0 Å². The number of thioether (sulfide) groups is 1. The molecule has 2 aliphatic heterocycles. The fourth-order valence-corrected chi connectivity index (χ4v) is 3.72. The van der Waals surface area contributed by atoms with E-state index in [0.717, 1.165) is 11.3 Å². The SMILES string of the molecule is O=C1C(=Cc2ccc3c(c2)OCCO3)CSc2c(F)cccc21. The lowest BCUT2D eigenvalue weighted by molar-refractivity contribution is 0.103. The molecule has 0 radical (unpaired) electrons. The third kappa shape index (κ3) is 2.61. The number of carbonyl (C=O) groups is 1. The second-order valence-corrected chi connectivity index (χ2v) is 6.29. The molecule has 4 rings (SSSR count). The molecule has 0 bridgehead atoms. The molecule has 0 unspecified atom stereocenters. The smallest absolute Gasteiger partial charge is 0.191 e. The molecule has 0 atom stereocenters. The first kappa shape index (κ1) is 14.3. The van der Waals surface area contributed by atoms with Crippen molar-refractivity contribution >= 4 is 23.6 Å². The number of rotatable bonds is 1. The molecule has 0 amide bonds. The molecule has 0 aliphatic carbocycles. The van der Waals surface area contributed by atoms with Crippen molar-refractivity contribution in [2.75, 3.05) is 19.0 Å². The third-order valence-electron chi connectivity index (χ3n) is 3.78. The van der Waals surface area contributed by atoms with Crippen LogP contribution in [0.25, 0.3) is 6.08 Å². The van der Waals surface area contributed by atoms with Gasteiger partial charge < -0.3 is 9.47 Å². The van der Waals surface area contributed by atoms with E-state index in [9.17, 15) is 9.18 Å². The minimum Gasteiger partial charge on any atom is -0.486 e. The fraction of sp³-hybridized carbons (Fsp3) is 0.167. The number of hydrogen-bond donors (Lipinski definition) is 0. The van der Waals surface area contributed by atoms with Crippen LogP contribution in [0, 0.1) is 5.82 Å². The molecule has 2 aromatic rings. The Morgan fingerprint density at radius 3 is 2.78 bits per heavy atom. The van der Waals surface area contributed by atoms with Crippen LogP contribution in [0.5, 0.6) is 11.5 Å². The summed E-state index contributed by atoms with van der Waals surface area (Å²) in [6, 6.07) is 10.2. The molecule has 2 aliphatic rings. The topological polar surface area (TPSA) is 35.5 Å². The van der Waals surface area contributed by atoms with Crippen molar-refractivity contribution in [2.45, 2.75) is 4.90 Å². The van der Waals surface area contributed by atoms with Crippen LogP contribution in [0.1, 0.15) is 15.9 Å². The molecule has 2 heterocycles. The standard InChI is InChI=1S/C18H13FO3S/c19-14-3-1-2-13-17(20)12(10-23-18(13)14)8-11-4-5-15-16(9-11)22-7-6-21-15/h1-5,8-9H,6-7,10H2. The summed E-state index contributed by atoms with van der Waals surface area (Å²) < 4.78 is 24.8. The molecule has 2 aromatic carbocycles. The lowest BCUT2D eigenvalue weighted by Gasteiger charge is -2.19. The van der Waals surface area contributed by atoms with Gasteiger partial charge in [0, 0.05) is 16.9 Å². The van der Waals surface area contributed by atoms with Crippen molar-refractivity contribution in [2.24, 2.45) is 0 Å². The molecule has 116 valence electrons. The minimum absolute atomic E-state index is 0.117. The number of halogens is 1. The van der Waals surface area contributed by atoms with E-state index in [4.69, 9.17) is 9.47 Å². The number of benzene rings is 2. The zero-order valence-electron chi connectivity index (χ0n) is 12.2. The van der Waals surface area contributed by atoms with Crippen LogP contribution >= 0.6 is 11.8 Å². The van der Waals surface area contributed by atoms with Crippen molar-refractivity contribution in [1.29, 1.82) is 0 Å². The molecule has 23 heavy (non-hydrogen) atoms. The highest BCUT2D eigenvalue weighted by Gasteiger charge is 2.24. The predicted molar refractivity (Wildman–Crippen MR) is 86.9 cm³/mol. The maximum atomic E-state index is 13.8. The molecule has 0 aromatic heterocycles. The van der Waals surface area contributed by atoms with Crippen LogP contribution in [0.3, 0.4) is 0 Å². The lowest BCUT2D eigenvalue weighted by atomic mass is 10.0. The lowest BCUT2D eigenvalue weighted by Crippen LogP contribution is -2.15. The number of fused-ring (bicyclic) bond motifs is 2. The van der Waals surface area contributed by atoms with Crippen LogP contribution in [0.15, 0.2) is 46.9 Å². The summed E-state index contributed by atoms with van der Waals surface area (Å²) in [5, 5.41) is 0. The maximum Gasteiger partial charge on any atom is 0.191 e. The summed E-state index contributed by atoms with van der Waals surface area (Å²) in [5.41, 5.74) is 1.97. The van der Waals surface area contributed by atoms with E-state index in [1.807, 2.05) is 24.3 Å². The van der Waals surface area contributed by atoms with Gasteiger partial charge in [-0.1, -0.05) is 12.1 Å². The third-order valence-corrected chi connectivity index (χ3v) is 4.94. The van der Waals surface area contributed by atoms with Gasteiger partial charge in [-0.25, -0.2) is 4.39 Å². The second-order valence-electron chi connectivity index (χ2n) is 5.31. The van der Waals surface area contributed by atoms with E-state index in [2.05, 4.69) is 0 Å². The number of ketones is 1. The molecule has 0 fully saturated rings. The van der Waals surface area contributed by atoms with Gasteiger partial charge in [0.05, 0.1) is 4.90 Å². The van der Waals surface area contributed by atoms with E-state index in [-0.39, 0.29) is 11.6 Å². The van der Waals surface area contributed by atoms with Crippen LogP contribution < -0.4 is 9.47 Å². The number of ether oxygens (including phenoxy) is 2. The van der Waals surface area contributed by atoms with Crippen molar-refractivity contribution in [3.8, 4) is 11.5 Å². The van der Waals surface area contributed by atoms with E-state index >= 15 is 0 Å². The highest BCUT2D eigenvalue weighted by molar-refractivity contribution is 7.99. The first-order valence-electron chi connectivity index (χ1n) is 7.28. The van der Waals surface area contributed by atoms with Crippen molar-refractivity contribution < 1.29 is 18.7 Å². The zero-order chi connectivity index (χ0) is 15.8. The zero-order valence-corrected chi connectivity index (χ0v) is 13.0. The predicted octanol–water partition coefficient (Wildman–Crippen LogP) is 3.97. The van der Waals surface area contributed by atoms with Gasteiger partial charge in [-0.2, -0.15) is 0 Å². The molecule has 0 spiro atoms. The fourth-order valence-electron chi connectivity index (χ4n) is 2.68. The summed E-state index contributed by atoms with van der Waals surface area (Å²) >= 11 is 1.36. The molecular formula is C18H13FO3S. The summed E-state index contributed by atoms with van der Waals surface area (Å²) in [7, 11) is 0. The number of carbonyl (C=O) groups excluding carboxylic acids is 1. The quantitative estimate of drug-likeness (QED) is 0.742. The summed E-state index contributed by atoms with van der Waals surface area (Å²) in [6.07, 6.45) is 1.83. The first-order valence-corrected chi connectivity index (χ1v) is 8.27. The summed E-state index contributed by atoms with van der Waals surface area (Å²) in [5.74, 6) is 1.41. The highest BCUT2D eigenvalue weighted by atomic mass is 32.2.